The molecule has 1 unspecified atom stereocenters. The van der Waals surface area contributed by atoms with Crippen LogP contribution in [0.5, 0.6) is 5.75 Å². The van der Waals surface area contributed by atoms with E-state index in [4.69, 9.17) is 32.7 Å². The van der Waals surface area contributed by atoms with Gasteiger partial charge < -0.3 is 14.4 Å². The molecule has 1 fully saturated rings. The molecule has 1 aromatic heterocycles. The Morgan fingerprint density at radius 2 is 1.76 bits per heavy atom. The number of nitrogens with one attached hydrogen (secondary N) is 1. The molecule has 41 heavy (non-hydrogen) atoms. The molecule has 1 atom stereocenters. The van der Waals surface area contributed by atoms with Crippen molar-refractivity contribution in [2.75, 3.05) is 44.2 Å². The van der Waals surface area contributed by atoms with Gasteiger partial charge in [-0.15, -0.1) is 0 Å². The molecule has 8 nitrogen and oxygen atoms in total. The van der Waals surface area contributed by atoms with Crippen molar-refractivity contribution in [2.24, 2.45) is 0 Å². The van der Waals surface area contributed by atoms with Crippen molar-refractivity contribution in [3.8, 4) is 5.75 Å². The first-order chi connectivity index (χ1) is 19.5. The first kappa shape index (κ1) is 31.2. The third kappa shape index (κ3) is 8.61. The summed E-state index contributed by atoms with van der Waals surface area (Å²) in [4.78, 5) is 29.9. The van der Waals surface area contributed by atoms with Crippen molar-refractivity contribution in [1.82, 2.24) is 14.8 Å². The first-order valence-electron chi connectivity index (χ1n) is 14.1. The van der Waals surface area contributed by atoms with Crippen LogP contribution in [0.2, 0.25) is 10.0 Å². The van der Waals surface area contributed by atoms with Crippen LogP contribution >= 0.6 is 23.2 Å². The molecule has 2 aromatic carbocycles. The summed E-state index contributed by atoms with van der Waals surface area (Å²) in [5, 5.41) is 5.26. The molecule has 3 aromatic rings. The predicted molar refractivity (Wildman–Crippen MR) is 166 cm³/mol. The van der Waals surface area contributed by atoms with Gasteiger partial charge in [0.15, 0.2) is 6.73 Å². The van der Waals surface area contributed by atoms with Gasteiger partial charge in [0.05, 0.1) is 27.9 Å². The highest BCUT2D eigenvalue weighted by atomic mass is 35.5. The number of fused-ring (bicyclic) bond motifs is 1. The maximum absolute atomic E-state index is 12.6. The Morgan fingerprint density at radius 1 is 1.02 bits per heavy atom. The molecule has 1 saturated heterocycles. The number of esters is 1. The first-order valence-corrected chi connectivity index (χ1v) is 14.9. The molecule has 0 amide bonds. The van der Waals surface area contributed by atoms with Crippen molar-refractivity contribution in [3.63, 3.8) is 0 Å². The van der Waals surface area contributed by atoms with E-state index in [2.05, 4.69) is 15.1 Å². The second-order valence-electron chi connectivity index (χ2n) is 11.5. The second-order valence-corrected chi connectivity index (χ2v) is 12.3. The molecular weight excluding hydrogens is 563 g/mol. The summed E-state index contributed by atoms with van der Waals surface area (Å²) < 4.78 is 13.0. The normalized spacial score (nSPS) is 15.2. The molecule has 0 spiro atoms. The van der Waals surface area contributed by atoms with Gasteiger partial charge in [0.1, 0.15) is 11.8 Å². The van der Waals surface area contributed by atoms with E-state index in [1.54, 1.807) is 13.0 Å². The van der Waals surface area contributed by atoms with Crippen LogP contribution in [-0.4, -0.2) is 66.3 Å². The van der Waals surface area contributed by atoms with E-state index in [1.165, 1.54) is 10.6 Å². The molecular formula is C31H40Cl2N4O4. The third-order valence-electron chi connectivity index (χ3n) is 7.08. The van der Waals surface area contributed by atoms with Crippen molar-refractivity contribution in [1.29, 1.82) is 0 Å². The number of ether oxygens (including phenoxy) is 2. The molecule has 10 heteroatoms. The zero-order valence-electron chi connectivity index (χ0n) is 24.3. The number of carbonyl (C=O) groups excluding carboxylic acids is 1. The molecule has 1 N–H and O–H groups in total. The molecule has 0 saturated carbocycles. The molecule has 4 rings (SSSR count). The number of aromatic nitrogens is 1. The SMILES string of the molecule is CC(NC(C)(C)C)C(=O)OCn1c(=O)ccc2ccc(OCCCCN3CCN(c4cccc(Cl)c4Cl)CC3)cc21. The van der Waals surface area contributed by atoms with Crippen LogP contribution in [0.3, 0.4) is 0 Å². The van der Waals surface area contributed by atoms with Crippen LogP contribution in [0.4, 0.5) is 5.69 Å². The van der Waals surface area contributed by atoms with E-state index in [-0.39, 0.29) is 17.8 Å². The van der Waals surface area contributed by atoms with Gasteiger partial charge in [-0.1, -0.05) is 29.3 Å². The van der Waals surface area contributed by atoms with Gasteiger partial charge in [0.2, 0.25) is 0 Å². The summed E-state index contributed by atoms with van der Waals surface area (Å²) in [6.45, 7) is 12.9. The van der Waals surface area contributed by atoms with E-state index in [1.807, 2.05) is 57.2 Å². The van der Waals surface area contributed by atoms with Gasteiger partial charge in [-0.05, 0) is 82.8 Å². The number of hydrogen-bond donors (Lipinski definition) is 1. The van der Waals surface area contributed by atoms with Crippen LogP contribution in [0, 0.1) is 0 Å². The lowest BCUT2D eigenvalue weighted by Crippen LogP contribution is -2.46. The summed E-state index contributed by atoms with van der Waals surface area (Å²) in [6.07, 6.45) is 1.93. The van der Waals surface area contributed by atoms with Crippen LogP contribution in [0.1, 0.15) is 40.5 Å². The van der Waals surface area contributed by atoms with Crippen molar-refractivity contribution in [3.05, 3.63) is 68.9 Å². The van der Waals surface area contributed by atoms with Gasteiger partial charge in [-0.3, -0.25) is 24.4 Å². The van der Waals surface area contributed by atoms with Crippen molar-refractivity contribution < 1.29 is 14.3 Å². The topological polar surface area (TPSA) is 76.0 Å². The fraction of sp³-hybridized carbons (Fsp3) is 0.484. The largest absolute Gasteiger partial charge is 0.494 e. The predicted octanol–water partition coefficient (Wildman–Crippen LogP) is 5.57. The van der Waals surface area contributed by atoms with E-state index in [9.17, 15) is 9.59 Å². The number of pyridine rings is 1. The van der Waals surface area contributed by atoms with E-state index in [0.717, 1.165) is 56.6 Å². The monoisotopic (exact) mass is 602 g/mol. The Morgan fingerprint density at radius 3 is 2.49 bits per heavy atom. The van der Waals surface area contributed by atoms with Crippen molar-refractivity contribution >= 4 is 45.8 Å². The molecule has 1 aliphatic rings. The number of carbonyl (C=O) groups is 1. The number of piperazine rings is 1. The Bertz CT molecular complexity index is 1400. The molecule has 0 aliphatic carbocycles. The number of halogens is 2. The minimum Gasteiger partial charge on any atom is -0.494 e. The molecule has 2 heterocycles. The minimum atomic E-state index is -0.495. The highest BCUT2D eigenvalue weighted by Gasteiger charge is 2.21. The number of nitrogens with zero attached hydrogens (tertiary/aromatic N) is 3. The maximum atomic E-state index is 12.6. The Balaban J connectivity index is 1.25. The fourth-order valence-corrected chi connectivity index (χ4v) is 5.44. The molecule has 222 valence electrons. The Labute approximate surface area is 252 Å². The van der Waals surface area contributed by atoms with Crippen molar-refractivity contribution in [2.45, 2.75) is 58.8 Å². The lowest BCUT2D eigenvalue weighted by molar-refractivity contribution is -0.150. The Kier molecular flexibility index (Phi) is 10.6. The van der Waals surface area contributed by atoms with Crippen LogP contribution in [0.25, 0.3) is 10.9 Å². The smallest absolute Gasteiger partial charge is 0.324 e. The van der Waals surface area contributed by atoms with Crippen LogP contribution in [0.15, 0.2) is 53.3 Å². The standard InChI is InChI=1S/C31H40Cl2N4O4/c1-22(34-31(2,3)4)30(39)41-21-37-27-20-24(12-10-23(27)11-13-28(37)38)40-19-6-5-14-35-15-17-36(18-16-35)26-9-7-8-25(32)29(26)33/h7-13,20,22,34H,5-6,14-19,21H2,1-4H3. The zero-order valence-corrected chi connectivity index (χ0v) is 25.8. The van der Waals surface area contributed by atoms with E-state index < -0.39 is 12.0 Å². The van der Waals surface area contributed by atoms with Gasteiger partial charge >= 0.3 is 5.97 Å². The minimum absolute atomic E-state index is 0.161. The van der Waals surface area contributed by atoms with E-state index >= 15 is 0 Å². The maximum Gasteiger partial charge on any atom is 0.324 e. The fourth-order valence-electron chi connectivity index (χ4n) is 5.03. The van der Waals surface area contributed by atoms with Crippen LogP contribution < -0.4 is 20.5 Å². The third-order valence-corrected chi connectivity index (χ3v) is 7.89. The molecule has 1 aliphatic heterocycles. The number of anilines is 1. The number of hydrogen-bond acceptors (Lipinski definition) is 7. The summed E-state index contributed by atoms with van der Waals surface area (Å²) in [5.41, 5.74) is 1.19. The highest BCUT2D eigenvalue weighted by Crippen LogP contribution is 2.33. The zero-order chi connectivity index (χ0) is 29.6. The summed E-state index contributed by atoms with van der Waals surface area (Å²) >= 11 is 12.6. The van der Waals surface area contributed by atoms with Crippen LogP contribution in [-0.2, 0) is 16.3 Å². The summed E-state index contributed by atoms with van der Waals surface area (Å²) in [7, 11) is 0. The summed E-state index contributed by atoms with van der Waals surface area (Å²) in [5.74, 6) is 0.267. The Hall–Kier alpha value is -2.78. The lowest BCUT2D eigenvalue weighted by atomic mass is 10.1. The lowest BCUT2D eigenvalue weighted by Gasteiger charge is -2.36. The molecule has 0 bridgehead atoms. The number of unbranched alkanes of at least 4 members (excludes halogenated alkanes) is 1. The average molecular weight is 604 g/mol. The van der Waals surface area contributed by atoms with Gasteiger partial charge in [-0.2, -0.15) is 0 Å². The van der Waals surface area contributed by atoms with Gasteiger partial charge in [0, 0.05) is 43.9 Å². The second kappa shape index (κ2) is 13.9. The van der Waals surface area contributed by atoms with Gasteiger partial charge in [0.25, 0.3) is 5.56 Å². The highest BCUT2D eigenvalue weighted by molar-refractivity contribution is 6.43. The average Bonchev–Trinajstić information content (AvgIpc) is 2.93. The quantitative estimate of drug-likeness (QED) is 0.227. The summed E-state index contributed by atoms with van der Waals surface area (Å²) in [6, 6.07) is 14.2. The number of rotatable bonds is 11. The number of benzene rings is 2. The molecule has 0 radical (unpaired) electrons. The van der Waals surface area contributed by atoms with E-state index in [0.29, 0.717) is 27.9 Å². The van der Waals surface area contributed by atoms with Gasteiger partial charge in [-0.25, -0.2) is 0 Å².